The quantitative estimate of drug-likeness (QED) is 0.0795. The monoisotopic (exact) mass is 784 g/mol. The molecule has 11 heteroatoms. The molecule has 2 amide bonds. The summed E-state index contributed by atoms with van der Waals surface area (Å²) < 4.78 is 24.6. The van der Waals surface area contributed by atoms with Crippen LogP contribution in [0.2, 0.25) is 0 Å². The predicted molar refractivity (Wildman–Crippen MR) is 224 cm³/mol. The molecule has 1 saturated heterocycles. The minimum Gasteiger partial charge on any atom is -0.493 e. The van der Waals surface area contributed by atoms with Crippen molar-refractivity contribution >= 4 is 23.2 Å². The Morgan fingerprint density at radius 2 is 1.52 bits per heavy atom. The highest BCUT2D eigenvalue weighted by Gasteiger charge is 2.34. The third kappa shape index (κ3) is 10.2. The van der Waals surface area contributed by atoms with E-state index < -0.39 is 6.29 Å². The maximum Gasteiger partial charge on any atom is 0.224 e. The Balaban J connectivity index is 1.000. The SMILES string of the molecule is COc1cc2c(cc1OC)CN(CC1CC(c3ccc(CO)cc3)OC(c3cccc(-c4cccc(CNC(=O)CCCC(=O)Nc5ccccc5N)c4)c3)O1)CC2. The molecule has 5 N–H and O–H groups in total. The number of carbonyl (C=O) groups excluding carboxylic acids is 2. The number of aliphatic hydroxyl groups excluding tert-OH is 1. The van der Waals surface area contributed by atoms with Gasteiger partial charge in [-0.1, -0.05) is 72.8 Å². The van der Waals surface area contributed by atoms with E-state index >= 15 is 0 Å². The second kappa shape index (κ2) is 19.1. The summed E-state index contributed by atoms with van der Waals surface area (Å²) in [5.74, 6) is 1.19. The molecule has 0 aromatic heterocycles. The molecule has 0 saturated carbocycles. The molecule has 0 bridgehead atoms. The Kier molecular flexibility index (Phi) is 13.4. The number of nitrogen functional groups attached to an aromatic ring is 1. The molecule has 0 radical (unpaired) electrons. The zero-order chi connectivity index (χ0) is 40.4. The summed E-state index contributed by atoms with van der Waals surface area (Å²) in [6.45, 7) is 2.78. The Morgan fingerprint density at radius 1 is 0.793 bits per heavy atom. The van der Waals surface area contributed by atoms with Gasteiger partial charge in [-0.15, -0.1) is 0 Å². The van der Waals surface area contributed by atoms with E-state index in [0.29, 0.717) is 30.8 Å². The number of para-hydroxylation sites is 2. The number of ether oxygens (including phenoxy) is 4. The van der Waals surface area contributed by atoms with Gasteiger partial charge in [0.15, 0.2) is 17.8 Å². The molecule has 2 aliphatic heterocycles. The standard InChI is InChI=1S/C47H52N4O7/c1-55-43-24-36-20-21-51(28-38(36)25-44(43)56-2)29-39-26-42(33-18-16-31(30-52)17-19-33)58-47(57-39)37-11-6-10-35(23-37)34-9-5-8-32(22-34)27-49-45(53)14-7-15-46(54)50-41-13-4-3-12-40(41)48/h3-6,8-13,16-19,22-25,39,42,47,52H,7,14-15,20-21,26-30,48H2,1-2H3,(H,49,53)(H,50,54). The zero-order valence-corrected chi connectivity index (χ0v) is 33.1. The minimum absolute atomic E-state index is 0.0141. The zero-order valence-electron chi connectivity index (χ0n) is 33.1. The lowest BCUT2D eigenvalue weighted by Gasteiger charge is -2.39. The molecule has 1 fully saturated rings. The van der Waals surface area contributed by atoms with Crippen LogP contribution in [0, 0.1) is 0 Å². The molecule has 0 spiro atoms. The first-order valence-electron chi connectivity index (χ1n) is 19.9. The number of carbonyl (C=O) groups is 2. The van der Waals surface area contributed by atoms with E-state index in [1.807, 2.05) is 60.7 Å². The molecule has 302 valence electrons. The normalized spacial score (nSPS) is 17.9. The molecule has 2 aliphatic rings. The van der Waals surface area contributed by atoms with Crippen LogP contribution < -0.4 is 25.8 Å². The van der Waals surface area contributed by atoms with Gasteiger partial charge in [-0.05, 0) is 88.2 Å². The minimum atomic E-state index is -0.600. The van der Waals surface area contributed by atoms with Gasteiger partial charge in [-0.25, -0.2) is 0 Å². The number of nitrogens with zero attached hydrogens (tertiary/aromatic N) is 1. The number of amides is 2. The fraction of sp³-hybridized carbons (Fsp3) is 0.319. The third-order valence-electron chi connectivity index (χ3n) is 10.8. The summed E-state index contributed by atoms with van der Waals surface area (Å²) in [5.41, 5.74) is 15.3. The Hall–Kier alpha value is -5.72. The molecule has 0 aliphatic carbocycles. The van der Waals surface area contributed by atoms with Crippen molar-refractivity contribution in [3.05, 3.63) is 143 Å². The van der Waals surface area contributed by atoms with E-state index in [1.54, 1.807) is 26.4 Å². The van der Waals surface area contributed by atoms with E-state index in [4.69, 9.17) is 24.7 Å². The van der Waals surface area contributed by atoms with Crippen molar-refractivity contribution in [2.75, 3.05) is 38.4 Å². The van der Waals surface area contributed by atoms with E-state index in [1.165, 1.54) is 11.1 Å². The average Bonchev–Trinajstić information content (AvgIpc) is 3.26. The molecule has 5 aromatic rings. The number of anilines is 2. The molecule has 11 nitrogen and oxygen atoms in total. The first-order valence-corrected chi connectivity index (χ1v) is 19.9. The van der Waals surface area contributed by atoms with E-state index in [9.17, 15) is 14.7 Å². The topological polar surface area (TPSA) is 145 Å². The van der Waals surface area contributed by atoms with Gasteiger partial charge in [0, 0.05) is 51.0 Å². The largest absolute Gasteiger partial charge is 0.493 e. The molecule has 58 heavy (non-hydrogen) atoms. The highest BCUT2D eigenvalue weighted by atomic mass is 16.7. The number of hydrogen-bond donors (Lipinski definition) is 4. The Labute approximate surface area is 340 Å². The third-order valence-corrected chi connectivity index (χ3v) is 10.8. The molecule has 3 atom stereocenters. The lowest BCUT2D eigenvalue weighted by atomic mass is 9.96. The lowest BCUT2D eigenvalue weighted by molar-refractivity contribution is -0.253. The first kappa shape index (κ1) is 40.5. The molecule has 2 heterocycles. The number of methoxy groups -OCH3 is 2. The van der Waals surface area contributed by atoms with Gasteiger partial charge in [0.2, 0.25) is 11.8 Å². The van der Waals surface area contributed by atoms with Gasteiger partial charge in [0.05, 0.1) is 44.4 Å². The number of hydrogen-bond acceptors (Lipinski definition) is 9. The molecule has 3 unspecified atom stereocenters. The van der Waals surface area contributed by atoms with E-state index in [2.05, 4.69) is 51.9 Å². The van der Waals surface area contributed by atoms with E-state index in [-0.39, 0.29) is 43.5 Å². The smallest absolute Gasteiger partial charge is 0.224 e. The van der Waals surface area contributed by atoms with Crippen LogP contribution in [0.3, 0.4) is 0 Å². The van der Waals surface area contributed by atoms with Crippen molar-refractivity contribution in [1.29, 1.82) is 0 Å². The summed E-state index contributed by atoms with van der Waals surface area (Å²) in [5, 5.41) is 15.5. The lowest BCUT2D eigenvalue weighted by Crippen LogP contribution is -2.41. The van der Waals surface area contributed by atoms with Crippen molar-refractivity contribution in [2.45, 2.75) is 70.3 Å². The van der Waals surface area contributed by atoms with Crippen molar-refractivity contribution in [2.24, 2.45) is 0 Å². The average molecular weight is 785 g/mol. The molecule has 5 aromatic carbocycles. The van der Waals surface area contributed by atoms with E-state index in [0.717, 1.165) is 70.9 Å². The number of benzene rings is 5. The summed E-state index contributed by atoms with van der Waals surface area (Å²) in [6, 6.07) is 35.6. The van der Waals surface area contributed by atoms with Crippen LogP contribution >= 0.6 is 0 Å². The van der Waals surface area contributed by atoms with Gasteiger partial charge in [0.25, 0.3) is 0 Å². The van der Waals surface area contributed by atoms with Gasteiger partial charge in [-0.2, -0.15) is 0 Å². The Morgan fingerprint density at radius 3 is 2.28 bits per heavy atom. The van der Waals surface area contributed by atoms with Gasteiger partial charge < -0.3 is 40.4 Å². The van der Waals surface area contributed by atoms with Crippen molar-refractivity contribution < 1.29 is 33.6 Å². The van der Waals surface area contributed by atoms with Crippen molar-refractivity contribution in [3.8, 4) is 22.6 Å². The fourth-order valence-electron chi connectivity index (χ4n) is 7.67. The van der Waals surface area contributed by atoms with Crippen LogP contribution in [0.15, 0.2) is 109 Å². The first-order chi connectivity index (χ1) is 28.3. The maximum atomic E-state index is 12.7. The second-order valence-corrected chi connectivity index (χ2v) is 14.9. The fourth-order valence-corrected chi connectivity index (χ4v) is 7.67. The van der Waals surface area contributed by atoms with Crippen LogP contribution in [0.5, 0.6) is 11.5 Å². The number of nitrogens with one attached hydrogen (secondary N) is 2. The highest BCUT2D eigenvalue weighted by molar-refractivity contribution is 5.94. The second-order valence-electron chi connectivity index (χ2n) is 14.9. The summed E-state index contributed by atoms with van der Waals surface area (Å²) in [4.78, 5) is 27.5. The predicted octanol–water partition coefficient (Wildman–Crippen LogP) is 7.47. The Bertz CT molecular complexity index is 2190. The number of aliphatic hydroxyl groups is 1. The molecule has 7 rings (SSSR count). The number of nitrogens with two attached hydrogens (primary N) is 1. The molecular weight excluding hydrogens is 733 g/mol. The van der Waals surface area contributed by atoms with Gasteiger partial charge in [0.1, 0.15) is 0 Å². The highest BCUT2D eigenvalue weighted by Crippen LogP contribution is 2.40. The van der Waals surface area contributed by atoms with Crippen LogP contribution in [-0.2, 0) is 45.2 Å². The maximum absolute atomic E-state index is 12.7. The van der Waals surface area contributed by atoms with Crippen molar-refractivity contribution in [1.82, 2.24) is 10.2 Å². The van der Waals surface area contributed by atoms with Crippen LogP contribution in [0.4, 0.5) is 11.4 Å². The number of fused-ring (bicyclic) bond motifs is 1. The van der Waals surface area contributed by atoms with Crippen LogP contribution in [0.25, 0.3) is 11.1 Å². The van der Waals surface area contributed by atoms with Gasteiger partial charge >= 0.3 is 0 Å². The van der Waals surface area contributed by atoms with Gasteiger partial charge in [-0.3, -0.25) is 14.5 Å². The van der Waals surface area contributed by atoms with Crippen LogP contribution in [-0.4, -0.2) is 55.2 Å². The van der Waals surface area contributed by atoms with Crippen molar-refractivity contribution in [3.63, 3.8) is 0 Å². The summed E-state index contributed by atoms with van der Waals surface area (Å²) >= 11 is 0. The number of rotatable bonds is 15. The van der Waals surface area contributed by atoms with Crippen LogP contribution in [0.1, 0.15) is 71.5 Å². The summed E-state index contributed by atoms with van der Waals surface area (Å²) in [6.07, 6.45) is 1.58. The molecular formula is C47H52N4O7. The summed E-state index contributed by atoms with van der Waals surface area (Å²) in [7, 11) is 3.33.